The van der Waals surface area contributed by atoms with Crippen molar-refractivity contribution in [2.75, 3.05) is 18.4 Å². The van der Waals surface area contributed by atoms with E-state index in [0.717, 1.165) is 31.1 Å². The number of hydrogen-bond donors (Lipinski definition) is 3. The molecule has 110 valence electrons. The van der Waals surface area contributed by atoms with Crippen molar-refractivity contribution < 1.29 is 4.79 Å². The first-order chi connectivity index (χ1) is 9.69. The van der Waals surface area contributed by atoms with Crippen molar-refractivity contribution >= 4 is 11.7 Å². The molecule has 2 amide bonds. The number of anilines is 1. The van der Waals surface area contributed by atoms with Gasteiger partial charge in [-0.05, 0) is 43.5 Å². The van der Waals surface area contributed by atoms with Crippen LogP contribution >= 0.6 is 0 Å². The maximum Gasteiger partial charge on any atom is 0.319 e. The van der Waals surface area contributed by atoms with Crippen molar-refractivity contribution in [3.05, 3.63) is 29.8 Å². The van der Waals surface area contributed by atoms with Gasteiger partial charge in [0.25, 0.3) is 0 Å². The highest BCUT2D eigenvalue weighted by Gasteiger charge is 2.20. The normalized spacial score (nSPS) is 15.7. The lowest BCUT2D eigenvalue weighted by Gasteiger charge is -2.13. The molecule has 1 aliphatic rings. The van der Waals surface area contributed by atoms with Crippen LogP contribution in [0, 0.1) is 5.92 Å². The molecule has 1 aromatic carbocycles. The molecule has 0 spiro atoms. The minimum absolute atomic E-state index is 0.113. The minimum Gasteiger partial charge on any atom is -0.338 e. The summed E-state index contributed by atoms with van der Waals surface area (Å²) in [7, 11) is 0. The number of hydrogen-bond acceptors (Lipinski definition) is 2. The Bertz CT molecular complexity index is 426. The third kappa shape index (κ3) is 4.85. The first-order valence-electron chi connectivity index (χ1n) is 7.57. The summed E-state index contributed by atoms with van der Waals surface area (Å²) in [5, 5.41) is 9.13. The molecule has 1 aromatic rings. The highest BCUT2D eigenvalue weighted by Crippen LogP contribution is 2.31. The van der Waals surface area contributed by atoms with Gasteiger partial charge in [-0.3, -0.25) is 0 Å². The van der Waals surface area contributed by atoms with Crippen molar-refractivity contribution in [2.24, 2.45) is 5.92 Å². The standard InChI is InChI=1S/C16H25N3O/c1-3-17-12(2)14-6-8-15(9-7-14)19-16(20)18-11-10-13-4-5-13/h6-9,12-13,17H,3-5,10-11H2,1-2H3,(H2,18,19,20). The molecule has 4 heteroatoms. The lowest BCUT2D eigenvalue weighted by Crippen LogP contribution is -2.29. The Kier molecular flexibility index (Phi) is 5.41. The molecule has 2 rings (SSSR count). The monoisotopic (exact) mass is 275 g/mol. The van der Waals surface area contributed by atoms with E-state index < -0.39 is 0 Å². The minimum atomic E-state index is -0.113. The van der Waals surface area contributed by atoms with Crippen molar-refractivity contribution in [3.8, 4) is 0 Å². The van der Waals surface area contributed by atoms with E-state index >= 15 is 0 Å². The van der Waals surface area contributed by atoms with Gasteiger partial charge >= 0.3 is 6.03 Å². The van der Waals surface area contributed by atoms with Gasteiger partial charge in [0, 0.05) is 18.3 Å². The molecule has 3 N–H and O–H groups in total. The average molecular weight is 275 g/mol. The fraction of sp³-hybridized carbons (Fsp3) is 0.562. The molecule has 0 radical (unpaired) electrons. The molecule has 1 saturated carbocycles. The predicted molar refractivity (Wildman–Crippen MR) is 82.9 cm³/mol. The van der Waals surface area contributed by atoms with Gasteiger partial charge in [0.2, 0.25) is 0 Å². The zero-order chi connectivity index (χ0) is 14.4. The number of benzene rings is 1. The van der Waals surface area contributed by atoms with Crippen LogP contribution in [0.1, 0.15) is 44.7 Å². The van der Waals surface area contributed by atoms with Gasteiger partial charge in [-0.25, -0.2) is 4.79 Å². The van der Waals surface area contributed by atoms with Crippen molar-refractivity contribution in [2.45, 2.75) is 39.2 Å². The van der Waals surface area contributed by atoms with E-state index in [1.165, 1.54) is 18.4 Å². The molecule has 4 nitrogen and oxygen atoms in total. The van der Waals surface area contributed by atoms with E-state index in [4.69, 9.17) is 0 Å². The fourth-order valence-electron chi connectivity index (χ4n) is 2.25. The highest BCUT2D eigenvalue weighted by atomic mass is 16.2. The third-order valence-corrected chi connectivity index (χ3v) is 3.71. The van der Waals surface area contributed by atoms with E-state index in [1.807, 2.05) is 24.3 Å². The SMILES string of the molecule is CCNC(C)c1ccc(NC(=O)NCCC2CC2)cc1. The summed E-state index contributed by atoms with van der Waals surface area (Å²) in [5.41, 5.74) is 2.06. The maximum atomic E-state index is 11.7. The summed E-state index contributed by atoms with van der Waals surface area (Å²) in [5.74, 6) is 0.849. The van der Waals surface area contributed by atoms with Crippen molar-refractivity contribution in [3.63, 3.8) is 0 Å². The number of urea groups is 1. The largest absolute Gasteiger partial charge is 0.338 e. The van der Waals surface area contributed by atoms with Gasteiger partial charge in [-0.15, -0.1) is 0 Å². The average Bonchev–Trinajstić information content (AvgIpc) is 3.24. The van der Waals surface area contributed by atoms with Crippen LogP contribution in [0.2, 0.25) is 0 Å². The third-order valence-electron chi connectivity index (χ3n) is 3.71. The number of nitrogens with one attached hydrogen (secondary N) is 3. The van der Waals surface area contributed by atoms with E-state index in [9.17, 15) is 4.79 Å². The van der Waals surface area contributed by atoms with Crippen LogP contribution < -0.4 is 16.0 Å². The second-order valence-corrected chi connectivity index (χ2v) is 5.51. The Balaban J connectivity index is 1.75. The van der Waals surface area contributed by atoms with Gasteiger partial charge < -0.3 is 16.0 Å². The second kappa shape index (κ2) is 7.29. The number of carbonyl (C=O) groups excluding carboxylic acids is 1. The van der Waals surface area contributed by atoms with Gasteiger partial charge in [-0.1, -0.05) is 31.9 Å². The first-order valence-corrected chi connectivity index (χ1v) is 7.57. The summed E-state index contributed by atoms with van der Waals surface area (Å²) >= 11 is 0. The number of carbonyl (C=O) groups is 1. The summed E-state index contributed by atoms with van der Waals surface area (Å²) in [4.78, 5) is 11.7. The Morgan fingerprint density at radius 3 is 2.60 bits per heavy atom. The highest BCUT2D eigenvalue weighted by molar-refractivity contribution is 5.89. The van der Waals surface area contributed by atoms with Gasteiger partial charge in [0.05, 0.1) is 0 Å². The maximum absolute atomic E-state index is 11.7. The molecule has 1 fully saturated rings. The van der Waals surface area contributed by atoms with Gasteiger partial charge in [0.15, 0.2) is 0 Å². The van der Waals surface area contributed by atoms with Crippen LogP contribution in [0.25, 0.3) is 0 Å². The van der Waals surface area contributed by atoms with Crippen LogP contribution in [-0.4, -0.2) is 19.1 Å². The molecule has 1 aliphatic carbocycles. The zero-order valence-electron chi connectivity index (χ0n) is 12.4. The predicted octanol–water partition coefficient (Wildman–Crippen LogP) is 3.28. The van der Waals surface area contributed by atoms with Crippen LogP contribution in [0.4, 0.5) is 10.5 Å². The molecule has 1 atom stereocenters. The lowest BCUT2D eigenvalue weighted by atomic mass is 10.1. The summed E-state index contributed by atoms with van der Waals surface area (Å²) in [6.45, 7) is 5.95. The summed E-state index contributed by atoms with van der Waals surface area (Å²) in [6.07, 6.45) is 3.76. The Labute approximate surface area is 121 Å². The van der Waals surface area contributed by atoms with E-state index in [-0.39, 0.29) is 6.03 Å². The molecule has 1 unspecified atom stereocenters. The van der Waals surface area contributed by atoms with Crippen LogP contribution in [-0.2, 0) is 0 Å². The van der Waals surface area contributed by atoms with Gasteiger partial charge in [-0.2, -0.15) is 0 Å². The lowest BCUT2D eigenvalue weighted by molar-refractivity contribution is 0.252. The molecular formula is C16H25N3O. The number of amides is 2. The number of rotatable bonds is 7. The van der Waals surface area contributed by atoms with Gasteiger partial charge in [0.1, 0.15) is 0 Å². The smallest absolute Gasteiger partial charge is 0.319 e. The van der Waals surface area contributed by atoms with Crippen molar-refractivity contribution in [1.29, 1.82) is 0 Å². The van der Waals surface area contributed by atoms with E-state index in [1.54, 1.807) is 0 Å². The topological polar surface area (TPSA) is 53.2 Å². The molecule has 20 heavy (non-hydrogen) atoms. The zero-order valence-corrected chi connectivity index (χ0v) is 12.4. The molecule has 0 aliphatic heterocycles. The van der Waals surface area contributed by atoms with Crippen LogP contribution in [0.3, 0.4) is 0 Å². The fourth-order valence-corrected chi connectivity index (χ4v) is 2.25. The molecule has 0 heterocycles. The van der Waals surface area contributed by atoms with Crippen molar-refractivity contribution in [1.82, 2.24) is 10.6 Å². The second-order valence-electron chi connectivity index (χ2n) is 5.51. The van der Waals surface area contributed by atoms with Crippen LogP contribution in [0.15, 0.2) is 24.3 Å². The molecule has 0 saturated heterocycles. The molecule has 0 bridgehead atoms. The summed E-state index contributed by atoms with van der Waals surface area (Å²) in [6, 6.07) is 8.22. The van der Waals surface area contributed by atoms with E-state index in [0.29, 0.717) is 6.04 Å². The van der Waals surface area contributed by atoms with Crippen LogP contribution in [0.5, 0.6) is 0 Å². The summed E-state index contributed by atoms with van der Waals surface area (Å²) < 4.78 is 0. The molecular weight excluding hydrogens is 250 g/mol. The Hall–Kier alpha value is -1.55. The quantitative estimate of drug-likeness (QED) is 0.715. The first kappa shape index (κ1) is 14.9. The van der Waals surface area contributed by atoms with E-state index in [2.05, 4.69) is 29.8 Å². The molecule has 0 aromatic heterocycles. The Morgan fingerprint density at radius 2 is 2.00 bits per heavy atom. The Morgan fingerprint density at radius 1 is 1.30 bits per heavy atom.